The number of benzene rings is 1. The van der Waals surface area contributed by atoms with Crippen LogP contribution in [0.15, 0.2) is 24.3 Å². The second kappa shape index (κ2) is 6.82. The van der Waals surface area contributed by atoms with Crippen LogP contribution in [0.5, 0.6) is 0 Å². The van der Waals surface area contributed by atoms with Gasteiger partial charge in [0.05, 0.1) is 29.8 Å². The van der Waals surface area contributed by atoms with Crippen molar-refractivity contribution in [2.24, 2.45) is 0 Å². The third kappa shape index (κ3) is 2.96. The summed E-state index contributed by atoms with van der Waals surface area (Å²) in [7, 11) is 1.83. The van der Waals surface area contributed by atoms with E-state index >= 15 is 0 Å². The van der Waals surface area contributed by atoms with Crippen LogP contribution in [-0.4, -0.2) is 59.5 Å². The highest BCUT2D eigenvalue weighted by atomic mass is 16.5. The molecule has 5 nitrogen and oxygen atoms in total. The highest BCUT2D eigenvalue weighted by molar-refractivity contribution is 5.75. The molecule has 5 heteroatoms. The van der Waals surface area contributed by atoms with Crippen molar-refractivity contribution in [1.82, 2.24) is 14.5 Å². The van der Waals surface area contributed by atoms with Gasteiger partial charge in [-0.05, 0) is 38.3 Å². The van der Waals surface area contributed by atoms with Crippen molar-refractivity contribution in [3.63, 3.8) is 0 Å². The normalized spacial score (nSPS) is 28.2. The van der Waals surface area contributed by atoms with E-state index in [1.54, 1.807) is 0 Å². The molecule has 0 radical (unpaired) electrons. The first kappa shape index (κ1) is 16.1. The lowest BCUT2D eigenvalue weighted by atomic mass is 9.88. The summed E-state index contributed by atoms with van der Waals surface area (Å²) in [5.74, 6) is 1.10. The predicted octanol–water partition coefficient (Wildman–Crippen LogP) is 2.61. The van der Waals surface area contributed by atoms with Gasteiger partial charge in [-0.2, -0.15) is 0 Å². The van der Waals surface area contributed by atoms with Crippen molar-refractivity contribution in [2.75, 3.05) is 26.8 Å². The lowest BCUT2D eigenvalue weighted by Crippen LogP contribution is -2.55. The lowest BCUT2D eigenvalue weighted by molar-refractivity contribution is -0.113. The quantitative estimate of drug-likeness (QED) is 0.864. The fourth-order valence-electron chi connectivity index (χ4n) is 4.35. The summed E-state index contributed by atoms with van der Waals surface area (Å²) < 4.78 is 14.0. The number of hydrogen-bond donors (Lipinski definition) is 0. The number of methoxy groups -OCH3 is 1. The highest BCUT2D eigenvalue weighted by Crippen LogP contribution is 2.30. The molecule has 0 unspecified atom stereocenters. The fraction of sp³-hybridized carbons (Fsp3) is 0.632. The lowest BCUT2D eigenvalue weighted by Gasteiger charge is -2.45. The largest absolute Gasteiger partial charge is 0.381 e. The Kier molecular flexibility index (Phi) is 4.57. The van der Waals surface area contributed by atoms with Crippen molar-refractivity contribution in [1.29, 1.82) is 0 Å². The number of ether oxygens (including phenoxy) is 2. The molecule has 0 amide bonds. The number of imidazole rings is 1. The van der Waals surface area contributed by atoms with Gasteiger partial charge in [-0.25, -0.2) is 4.98 Å². The van der Waals surface area contributed by atoms with E-state index in [1.165, 1.54) is 5.52 Å². The van der Waals surface area contributed by atoms with Crippen molar-refractivity contribution >= 4 is 11.0 Å². The van der Waals surface area contributed by atoms with Gasteiger partial charge < -0.3 is 14.0 Å². The maximum Gasteiger partial charge on any atom is 0.106 e. The van der Waals surface area contributed by atoms with Crippen LogP contribution in [0.2, 0.25) is 0 Å². The first-order valence-electron chi connectivity index (χ1n) is 9.06. The third-order valence-electron chi connectivity index (χ3n) is 5.68. The first-order valence-corrected chi connectivity index (χ1v) is 9.06. The standard InChI is InChI=1S/C19H27N3O2/c1-14-20-16-5-3-4-6-17(16)22(14)10-9-21-11-12-24-19-8-7-15(23-2)13-18(19)21/h3-6,15,18-19H,7-13H2,1-2H3/t15-,18-,19+/m1/s1. The third-order valence-corrected chi connectivity index (χ3v) is 5.68. The SMILES string of the molecule is CO[C@@H]1CC[C@@H]2OCCN(CCn3c(C)nc4ccccc43)[C@@H]2C1. The van der Waals surface area contributed by atoms with Crippen LogP contribution in [0.4, 0.5) is 0 Å². The second-order valence-corrected chi connectivity index (χ2v) is 6.98. The molecule has 1 aliphatic heterocycles. The zero-order valence-electron chi connectivity index (χ0n) is 14.6. The minimum Gasteiger partial charge on any atom is -0.381 e. The minimum absolute atomic E-state index is 0.380. The topological polar surface area (TPSA) is 39.5 Å². The summed E-state index contributed by atoms with van der Waals surface area (Å²) in [6.45, 7) is 5.99. The van der Waals surface area contributed by atoms with Gasteiger partial charge >= 0.3 is 0 Å². The number of fused-ring (bicyclic) bond motifs is 2. The maximum absolute atomic E-state index is 6.02. The molecule has 2 aromatic rings. The van der Waals surface area contributed by atoms with E-state index < -0.39 is 0 Å². The maximum atomic E-state index is 6.02. The Morgan fingerprint density at radius 2 is 2.12 bits per heavy atom. The number of rotatable bonds is 4. The summed E-state index contributed by atoms with van der Waals surface area (Å²) in [6.07, 6.45) is 4.09. The van der Waals surface area contributed by atoms with Gasteiger partial charge in [0.25, 0.3) is 0 Å². The first-order chi connectivity index (χ1) is 11.8. The van der Waals surface area contributed by atoms with Crippen molar-refractivity contribution in [3.8, 4) is 0 Å². The smallest absolute Gasteiger partial charge is 0.106 e. The van der Waals surface area contributed by atoms with Gasteiger partial charge in [-0.1, -0.05) is 12.1 Å². The van der Waals surface area contributed by atoms with E-state index in [-0.39, 0.29) is 0 Å². The monoisotopic (exact) mass is 329 g/mol. The number of aromatic nitrogens is 2. The number of morpholine rings is 1. The number of hydrogen-bond acceptors (Lipinski definition) is 4. The molecule has 1 saturated heterocycles. The van der Waals surface area contributed by atoms with E-state index in [0.29, 0.717) is 18.2 Å². The van der Waals surface area contributed by atoms with Crippen LogP contribution < -0.4 is 0 Å². The average Bonchev–Trinajstić information content (AvgIpc) is 2.94. The predicted molar refractivity (Wildman–Crippen MR) is 94.2 cm³/mol. The molecule has 2 aliphatic rings. The van der Waals surface area contributed by atoms with Gasteiger partial charge in [-0.3, -0.25) is 4.90 Å². The Morgan fingerprint density at radius 1 is 1.25 bits per heavy atom. The molecule has 0 bridgehead atoms. The average molecular weight is 329 g/mol. The molecule has 1 aromatic heterocycles. The Bertz CT molecular complexity index is 699. The van der Waals surface area contributed by atoms with E-state index in [1.807, 2.05) is 7.11 Å². The molecule has 1 aliphatic carbocycles. The Balaban J connectivity index is 1.48. The van der Waals surface area contributed by atoms with Crippen molar-refractivity contribution in [3.05, 3.63) is 30.1 Å². The fourth-order valence-corrected chi connectivity index (χ4v) is 4.35. The molecule has 1 saturated carbocycles. The molecular weight excluding hydrogens is 302 g/mol. The molecule has 2 fully saturated rings. The molecule has 3 atom stereocenters. The number of para-hydroxylation sites is 2. The molecular formula is C19H27N3O2. The van der Waals surface area contributed by atoms with Gasteiger partial charge in [0.2, 0.25) is 0 Å². The van der Waals surface area contributed by atoms with Crippen molar-refractivity contribution in [2.45, 2.75) is 51.0 Å². The van der Waals surface area contributed by atoms with E-state index in [9.17, 15) is 0 Å². The van der Waals surface area contributed by atoms with Crippen LogP contribution in [0.1, 0.15) is 25.1 Å². The second-order valence-electron chi connectivity index (χ2n) is 6.98. The molecule has 0 N–H and O–H groups in total. The van der Waals surface area contributed by atoms with Crippen LogP contribution >= 0.6 is 0 Å². The summed E-state index contributed by atoms with van der Waals surface area (Å²) in [5, 5.41) is 0. The minimum atomic E-state index is 0.380. The van der Waals surface area contributed by atoms with E-state index in [4.69, 9.17) is 9.47 Å². The molecule has 130 valence electrons. The van der Waals surface area contributed by atoms with Crippen LogP contribution in [0.25, 0.3) is 11.0 Å². The molecule has 1 aromatic carbocycles. The molecule has 2 heterocycles. The van der Waals surface area contributed by atoms with Crippen LogP contribution in [0.3, 0.4) is 0 Å². The Labute approximate surface area is 143 Å². The number of nitrogens with zero attached hydrogens (tertiary/aromatic N) is 3. The Morgan fingerprint density at radius 3 is 3.00 bits per heavy atom. The van der Waals surface area contributed by atoms with Gasteiger partial charge in [0, 0.05) is 32.8 Å². The summed E-state index contributed by atoms with van der Waals surface area (Å²) in [5.41, 5.74) is 2.32. The van der Waals surface area contributed by atoms with Crippen molar-refractivity contribution < 1.29 is 9.47 Å². The molecule has 0 spiro atoms. The summed E-state index contributed by atoms with van der Waals surface area (Å²) in [4.78, 5) is 7.29. The summed E-state index contributed by atoms with van der Waals surface area (Å²) >= 11 is 0. The van der Waals surface area contributed by atoms with Crippen LogP contribution in [0, 0.1) is 6.92 Å². The van der Waals surface area contributed by atoms with Gasteiger partial charge in [-0.15, -0.1) is 0 Å². The molecule has 24 heavy (non-hydrogen) atoms. The Hall–Kier alpha value is -1.43. The van der Waals surface area contributed by atoms with E-state index in [2.05, 4.69) is 45.6 Å². The van der Waals surface area contributed by atoms with Gasteiger partial charge in [0.15, 0.2) is 0 Å². The van der Waals surface area contributed by atoms with Crippen LogP contribution in [-0.2, 0) is 16.0 Å². The zero-order chi connectivity index (χ0) is 16.5. The van der Waals surface area contributed by atoms with E-state index in [0.717, 1.165) is 56.8 Å². The highest BCUT2D eigenvalue weighted by Gasteiger charge is 2.37. The summed E-state index contributed by atoms with van der Waals surface area (Å²) in [6, 6.07) is 8.90. The molecule has 4 rings (SSSR count). The number of aryl methyl sites for hydroxylation is 1. The zero-order valence-corrected chi connectivity index (χ0v) is 14.6. The van der Waals surface area contributed by atoms with Gasteiger partial charge in [0.1, 0.15) is 5.82 Å².